The Labute approximate surface area is 209 Å². The highest BCUT2D eigenvalue weighted by Gasteiger charge is 2.15. The molecular weight excluding hydrogens is 453 g/mol. The van der Waals surface area contributed by atoms with Crippen LogP contribution in [0.25, 0.3) is 38.4 Å². The van der Waals surface area contributed by atoms with Gasteiger partial charge in [0.15, 0.2) is 0 Å². The third-order valence-electron chi connectivity index (χ3n) is 6.19. The van der Waals surface area contributed by atoms with Crippen LogP contribution in [-0.4, -0.2) is 12.5 Å². The van der Waals surface area contributed by atoms with Crippen LogP contribution in [0.15, 0.2) is 95.6 Å². The minimum absolute atomic E-state index is 0.235. The first-order valence-corrected chi connectivity index (χ1v) is 11.9. The Hall–Kier alpha value is -4.38. The van der Waals surface area contributed by atoms with E-state index in [4.69, 9.17) is 9.15 Å². The van der Waals surface area contributed by atoms with Crippen molar-refractivity contribution in [3.05, 3.63) is 108 Å². The van der Waals surface area contributed by atoms with E-state index < -0.39 is 0 Å². The molecule has 0 saturated carbocycles. The molecule has 36 heavy (non-hydrogen) atoms. The second-order valence-electron chi connectivity index (χ2n) is 8.66. The fourth-order valence-corrected chi connectivity index (χ4v) is 4.34. The highest BCUT2D eigenvalue weighted by Crippen LogP contribution is 2.38. The lowest BCUT2D eigenvalue weighted by Gasteiger charge is -2.12. The van der Waals surface area contributed by atoms with E-state index in [-0.39, 0.29) is 11.7 Å². The van der Waals surface area contributed by atoms with Crippen molar-refractivity contribution < 1.29 is 18.3 Å². The Balaban J connectivity index is 1.48. The molecule has 0 spiro atoms. The van der Waals surface area contributed by atoms with Gasteiger partial charge in [-0.25, -0.2) is 4.39 Å². The van der Waals surface area contributed by atoms with E-state index >= 15 is 0 Å². The molecule has 4 aromatic carbocycles. The number of nitrogens with one attached hydrogen (secondary N) is 1. The van der Waals surface area contributed by atoms with Gasteiger partial charge in [-0.15, -0.1) is 0 Å². The molecule has 0 saturated heterocycles. The Morgan fingerprint density at radius 3 is 2.56 bits per heavy atom. The number of allylic oxidation sites excluding steroid dienone is 1. The third-order valence-corrected chi connectivity index (χ3v) is 6.19. The second kappa shape index (κ2) is 10.1. The first kappa shape index (κ1) is 23.4. The molecule has 1 aromatic heterocycles. The molecule has 5 heteroatoms. The zero-order valence-corrected chi connectivity index (χ0v) is 20.2. The highest BCUT2D eigenvalue weighted by molar-refractivity contribution is 6.01. The fourth-order valence-electron chi connectivity index (χ4n) is 4.34. The monoisotopic (exact) mass is 479 g/mol. The van der Waals surface area contributed by atoms with Gasteiger partial charge in [-0.1, -0.05) is 48.5 Å². The van der Waals surface area contributed by atoms with Crippen LogP contribution in [0.5, 0.6) is 5.75 Å². The normalized spacial score (nSPS) is 11.7. The van der Waals surface area contributed by atoms with Gasteiger partial charge in [0.05, 0.1) is 12.9 Å². The Bertz CT molecular complexity index is 1580. The maximum Gasteiger partial charge on any atom is 0.244 e. The second-order valence-corrected chi connectivity index (χ2v) is 8.66. The van der Waals surface area contributed by atoms with E-state index in [1.54, 1.807) is 24.5 Å². The van der Waals surface area contributed by atoms with Crippen LogP contribution in [-0.2, 0) is 11.3 Å². The lowest BCUT2D eigenvalue weighted by molar-refractivity contribution is -0.116. The number of furan rings is 1. The molecule has 0 aliphatic rings. The van der Waals surface area contributed by atoms with E-state index in [0.717, 1.165) is 44.2 Å². The first-order valence-electron chi connectivity index (χ1n) is 11.9. The van der Waals surface area contributed by atoms with Gasteiger partial charge >= 0.3 is 0 Å². The third kappa shape index (κ3) is 4.86. The summed E-state index contributed by atoms with van der Waals surface area (Å²) in [5.41, 5.74) is 5.17. The molecular formula is C31H26FNO3. The van der Waals surface area contributed by atoms with Gasteiger partial charge < -0.3 is 14.5 Å². The van der Waals surface area contributed by atoms with Crippen LogP contribution in [0.3, 0.4) is 0 Å². The van der Waals surface area contributed by atoms with Gasteiger partial charge in [-0.3, -0.25) is 4.79 Å². The van der Waals surface area contributed by atoms with Crippen molar-refractivity contribution in [2.24, 2.45) is 0 Å². The standard InChI is InChI=1S/C31H26FNO3/c1-3-35-29-17-30-27(28(19-36-30)24-11-10-22-6-4-5-7-23(22)15-24)16-26(29)20(2)14-31(34)33-18-21-8-12-25(32)13-9-21/h4-17,19H,3,18H2,1-2H3,(H,33,34)/b20-14+. The SMILES string of the molecule is CCOc1cc2occ(-c3ccc4ccccc4c3)c2cc1/C(C)=C/C(=O)NCc1ccc(F)cc1. The quantitative estimate of drug-likeness (QED) is 0.246. The molecule has 0 bridgehead atoms. The summed E-state index contributed by atoms with van der Waals surface area (Å²) in [6, 6.07) is 24.6. The number of hydrogen-bond donors (Lipinski definition) is 1. The molecule has 0 radical (unpaired) electrons. The van der Waals surface area contributed by atoms with Crippen molar-refractivity contribution >= 4 is 33.2 Å². The summed E-state index contributed by atoms with van der Waals surface area (Å²) in [6.07, 6.45) is 3.33. The summed E-state index contributed by atoms with van der Waals surface area (Å²) in [5.74, 6) is 0.118. The molecule has 1 heterocycles. The lowest BCUT2D eigenvalue weighted by Crippen LogP contribution is -2.20. The van der Waals surface area contributed by atoms with Crippen LogP contribution in [0.1, 0.15) is 25.0 Å². The summed E-state index contributed by atoms with van der Waals surface area (Å²) >= 11 is 0. The molecule has 0 aliphatic heterocycles. The molecule has 5 rings (SSSR count). The number of fused-ring (bicyclic) bond motifs is 2. The number of ether oxygens (including phenoxy) is 1. The topological polar surface area (TPSA) is 51.5 Å². The molecule has 1 amide bonds. The first-order chi connectivity index (χ1) is 17.5. The largest absolute Gasteiger partial charge is 0.493 e. The highest BCUT2D eigenvalue weighted by atomic mass is 19.1. The van der Waals surface area contributed by atoms with Gasteiger partial charge in [0.1, 0.15) is 17.1 Å². The summed E-state index contributed by atoms with van der Waals surface area (Å²) < 4.78 is 24.9. The smallest absolute Gasteiger partial charge is 0.244 e. The number of carbonyl (C=O) groups is 1. The summed E-state index contributed by atoms with van der Waals surface area (Å²) in [4.78, 5) is 12.6. The molecule has 0 unspecified atom stereocenters. The van der Waals surface area contributed by atoms with E-state index in [9.17, 15) is 9.18 Å². The van der Waals surface area contributed by atoms with Crippen molar-refractivity contribution in [1.29, 1.82) is 0 Å². The molecule has 0 aliphatic carbocycles. The molecule has 5 aromatic rings. The van der Waals surface area contributed by atoms with E-state index in [2.05, 4.69) is 35.6 Å². The summed E-state index contributed by atoms with van der Waals surface area (Å²) in [7, 11) is 0. The van der Waals surface area contributed by atoms with Crippen LogP contribution >= 0.6 is 0 Å². The van der Waals surface area contributed by atoms with Gasteiger partial charge in [0.2, 0.25) is 5.91 Å². The fraction of sp³-hybridized carbons (Fsp3) is 0.129. The predicted octanol–water partition coefficient (Wildman–Crippen LogP) is 7.51. The van der Waals surface area contributed by atoms with Crippen LogP contribution in [0.4, 0.5) is 4.39 Å². The zero-order valence-electron chi connectivity index (χ0n) is 20.2. The maximum absolute atomic E-state index is 13.1. The minimum atomic E-state index is -0.304. The van der Waals surface area contributed by atoms with Crippen molar-refractivity contribution in [1.82, 2.24) is 5.32 Å². The van der Waals surface area contributed by atoms with Crippen molar-refractivity contribution in [3.8, 4) is 16.9 Å². The number of benzene rings is 4. The average Bonchev–Trinajstić information content (AvgIpc) is 3.30. The van der Waals surface area contributed by atoms with Gasteiger partial charge in [-0.05, 0) is 65.6 Å². The predicted molar refractivity (Wildman–Crippen MR) is 142 cm³/mol. The number of hydrogen-bond acceptors (Lipinski definition) is 3. The summed E-state index contributed by atoms with van der Waals surface area (Å²) in [5, 5.41) is 6.14. The maximum atomic E-state index is 13.1. The molecule has 1 N–H and O–H groups in total. The Kier molecular flexibility index (Phi) is 6.54. The van der Waals surface area contributed by atoms with E-state index in [1.165, 1.54) is 17.5 Å². The number of halogens is 1. The summed E-state index contributed by atoms with van der Waals surface area (Å²) in [6.45, 7) is 4.61. The van der Waals surface area contributed by atoms with Gasteiger partial charge in [0, 0.05) is 35.2 Å². The van der Waals surface area contributed by atoms with E-state index in [0.29, 0.717) is 18.9 Å². The average molecular weight is 480 g/mol. The van der Waals surface area contributed by atoms with Crippen molar-refractivity contribution in [3.63, 3.8) is 0 Å². The lowest BCUT2D eigenvalue weighted by atomic mass is 9.97. The Morgan fingerprint density at radius 1 is 1.00 bits per heavy atom. The number of amides is 1. The molecule has 4 nitrogen and oxygen atoms in total. The minimum Gasteiger partial charge on any atom is -0.493 e. The zero-order chi connectivity index (χ0) is 25.1. The van der Waals surface area contributed by atoms with E-state index in [1.807, 2.05) is 38.1 Å². The number of rotatable bonds is 7. The van der Waals surface area contributed by atoms with Gasteiger partial charge in [0.25, 0.3) is 0 Å². The van der Waals surface area contributed by atoms with Crippen LogP contribution in [0.2, 0.25) is 0 Å². The van der Waals surface area contributed by atoms with Crippen molar-refractivity contribution in [2.45, 2.75) is 20.4 Å². The number of carbonyl (C=O) groups excluding carboxylic acids is 1. The van der Waals surface area contributed by atoms with Crippen LogP contribution < -0.4 is 10.1 Å². The van der Waals surface area contributed by atoms with Crippen LogP contribution in [0, 0.1) is 5.82 Å². The Morgan fingerprint density at radius 2 is 1.78 bits per heavy atom. The molecule has 180 valence electrons. The molecule has 0 atom stereocenters. The molecule has 0 fully saturated rings. The van der Waals surface area contributed by atoms with Gasteiger partial charge in [-0.2, -0.15) is 0 Å². The van der Waals surface area contributed by atoms with Crippen molar-refractivity contribution in [2.75, 3.05) is 6.61 Å².